The molecule has 0 aliphatic heterocycles. The van der Waals surface area contributed by atoms with E-state index in [0.29, 0.717) is 6.54 Å². The summed E-state index contributed by atoms with van der Waals surface area (Å²) in [6.45, 7) is 4.15. The van der Waals surface area contributed by atoms with Crippen LogP contribution in [0, 0.1) is 13.8 Å². The second kappa shape index (κ2) is 6.89. The number of carbonyl (C=O) groups is 2. The molecule has 0 aromatic carbocycles. The number of methoxy groups -OCH3 is 1. The van der Waals surface area contributed by atoms with Crippen molar-refractivity contribution in [2.45, 2.75) is 32.9 Å². The lowest BCUT2D eigenvalue weighted by atomic mass is 10.3. The summed E-state index contributed by atoms with van der Waals surface area (Å²) in [7, 11) is 1.39. The number of carbonyl (C=O) groups excluding carboxylic acids is 1. The van der Waals surface area contributed by atoms with Crippen LogP contribution >= 0.6 is 0 Å². The van der Waals surface area contributed by atoms with E-state index in [1.54, 1.807) is 4.68 Å². The van der Waals surface area contributed by atoms with Crippen LogP contribution in [0.2, 0.25) is 0 Å². The van der Waals surface area contributed by atoms with Crippen molar-refractivity contribution in [3.63, 3.8) is 0 Å². The molecule has 0 fully saturated rings. The summed E-state index contributed by atoms with van der Waals surface area (Å²) in [6, 6.07) is 0.904. The van der Waals surface area contributed by atoms with Gasteiger partial charge in [0.05, 0.1) is 12.3 Å². The number of aryl methyl sites for hydroxylation is 3. The lowest BCUT2D eigenvalue weighted by molar-refractivity contribution is -0.143. The number of hydrogen-bond donors (Lipinski definition) is 2. The minimum atomic E-state index is -1.11. The number of aliphatic carboxylic acids is 1. The van der Waals surface area contributed by atoms with Crippen molar-refractivity contribution in [2.24, 2.45) is 0 Å². The van der Waals surface area contributed by atoms with E-state index in [-0.39, 0.29) is 18.9 Å². The molecule has 106 valence electrons. The standard InChI is InChI=1S/C12H19N3O4/c1-8-6-9(2)15(14-8)5-4-11(16)13-10(7-19-3)12(17)18/h6,10H,4-5,7H2,1-3H3,(H,13,16)(H,17,18). The van der Waals surface area contributed by atoms with Crippen molar-refractivity contribution >= 4 is 11.9 Å². The first-order valence-electron chi connectivity index (χ1n) is 5.96. The Balaban J connectivity index is 2.47. The van der Waals surface area contributed by atoms with Crippen LogP contribution in [-0.2, 0) is 20.9 Å². The minimum Gasteiger partial charge on any atom is -0.480 e. The maximum Gasteiger partial charge on any atom is 0.328 e. The Kier molecular flexibility index (Phi) is 5.50. The Morgan fingerprint density at radius 3 is 2.68 bits per heavy atom. The molecule has 7 heteroatoms. The van der Waals surface area contributed by atoms with Crippen molar-refractivity contribution in [3.05, 3.63) is 17.5 Å². The fourth-order valence-electron chi connectivity index (χ4n) is 1.72. The molecule has 7 nitrogen and oxygen atoms in total. The van der Waals surface area contributed by atoms with E-state index in [4.69, 9.17) is 9.84 Å². The fourth-order valence-corrected chi connectivity index (χ4v) is 1.72. The van der Waals surface area contributed by atoms with Crippen LogP contribution in [0.3, 0.4) is 0 Å². The molecule has 1 rings (SSSR count). The first-order chi connectivity index (χ1) is 8.93. The van der Waals surface area contributed by atoms with Gasteiger partial charge in [0.25, 0.3) is 0 Å². The summed E-state index contributed by atoms with van der Waals surface area (Å²) < 4.78 is 6.46. The van der Waals surface area contributed by atoms with E-state index in [9.17, 15) is 9.59 Å². The van der Waals surface area contributed by atoms with Crippen LogP contribution in [0.25, 0.3) is 0 Å². The van der Waals surface area contributed by atoms with Gasteiger partial charge in [-0.1, -0.05) is 0 Å². The number of carboxylic acid groups (broad SMARTS) is 1. The largest absolute Gasteiger partial charge is 0.480 e. The average molecular weight is 269 g/mol. The summed E-state index contributed by atoms with van der Waals surface area (Å²) in [6.07, 6.45) is 0.176. The van der Waals surface area contributed by atoms with Gasteiger partial charge in [0.2, 0.25) is 5.91 Å². The molecule has 2 N–H and O–H groups in total. The number of aromatic nitrogens is 2. The van der Waals surface area contributed by atoms with Gasteiger partial charge in [0.15, 0.2) is 6.04 Å². The Morgan fingerprint density at radius 1 is 1.53 bits per heavy atom. The summed E-state index contributed by atoms with van der Waals surface area (Å²) in [4.78, 5) is 22.5. The predicted octanol–water partition coefficient (Wildman–Crippen LogP) is 0.106. The third-order valence-electron chi connectivity index (χ3n) is 2.62. The molecule has 1 heterocycles. The van der Waals surface area contributed by atoms with Crippen molar-refractivity contribution in [2.75, 3.05) is 13.7 Å². The van der Waals surface area contributed by atoms with Crippen LogP contribution in [0.5, 0.6) is 0 Å². The lowest BCUT2D eigenvalue weighted by Crippen LogP contribution is -2.44. The first-order valence-corrected chi connectivity index (χ1v) is 5.96. The highest BCUT2D eigenvalue weighted by atomic mass is 16.5. The predicted molar refractivity (Wildman–Crippen MR) is 67.8 cm³/mol. The van der Waals surface area contributed by atoms with Gasteiger partial charge in [-0.3, -0.25) is 9.48 Å². The first kappa shape index (κ1) is 15.2. The van der Waals surface area contributed by atoms with E-state index in [0.717, 1.165) is 11.4 Å². The molecule has 1 amide bonds. The summed E-state index contributed by atoms with van der Waals surface area (Å²) >= 11 is 0. The molecule has 0 radical (unpaired) electrons. The van der Waals surface area contributed by atoms with Gasteiger partial charge in [-0.25, -0.2) is 4.79 Å². The third-order valence-corrected chi connectivity index (χ3v) is 2.62. The number of hydrogen-bond acceptors (Lipinski definition) is 4. The molecular formula is C12H19N3O4. The monoisotopic (exact) mass is 269 g/mol. The minimum absolute atomic E-state index is 0.0546. The molecule has 19 heavy (non-hydrogen) atoms. The summed E-state index contributed by atoms with van der Waals surface area (Å²) in [5.41, 5.74) is 1.86. The summed E-state index contributed by atoms with van der Waals surface area (Å²) in [5, 5.41) is 15.5. The highest BCUT2D eigenvalue weighted by Gasteiger charge is 2.19. The van der Waals surface area contributed by atoms with E-state index >= 15 is 0 Å². The van der Waals surface area contributed by atoms with Crippen LogP contribution in [0.15, 0.2) is 6.07 Å². The van der Waals surface area contributed by atoms with Gasteiger partial charge < -0.3 is 15.2 Å². The maximum atomic E-state index is 11.7. The normalized spacial score (nSPS) is 12.2. The van der Waals surface area contributed by atoms with E-state index in [1.807, 2.05) is 19.9 Å². The second-order valence-corrected chi connectivity index (χ2v) is 4.31. The molecule has 0 aliphatic rings. The van der Waals surface area contributed by atoms with Gasteiger partial charge in [-0.2, -0.15) is 5.10 Å². The molecule has 0 aliphatic carbocycles. The Hall–Kier alpha value is -1.89. The van der Waals surface area contributed by atoms with Gasteiger partial charge in [0, 0.05) is 25.8 Å². The molecule has 1 atom stereocenters. The Labute approximate surface area is 111 Å². The number of nitrogens with zero attached hydrogens (tertiary/aromatic N) is 2. The number of nitrogens with one attached hydrogen (secondary N) is 1. The quantitative estimate of drug-likeness (QED) is 0.732. The molecular weight excluding hydrogens is 250 g/mol. The highest BCUT2D eigenvalue weighted by Crippen LogP contribution is 2.02. The van der Waals surface area contributed by atoms with Crippen molar-refractivity contribution in [1.29, 1.82) is 0 Å². The Bertz CT molecular complexity index is 456. The number of amides is 1. The van der Waals surface area contributed by atoms with E-state index < -0.39 is 12.0 Å². The maximum absolute atomic E-state index is 11.7. The van der Waals surface area contributed by atoms with Crippen LogP contribution in [0.1, 0.15) is 17.8 Å². The molecule has 0 spiro atoms. The van der Waals surface area contributed by atoms with E-state index in [2.05, 4.69) is 10.4 Å². The molecule has 1 unspecified atom stereocenters. The zero-order chi connectivity index (χ0) is 14.4. The smallest absolute Gasteiger partial charge is 0.328 e. The molecule has 1 aromatic rings. The average Bonchev–Trinajstić information content (AvgIpc) is 2.64. The molecule has 0 saturated carbocycles. The van der Waals surface area contributed by atoms with Crippen molar-refractivity contribution < 1.29 is 19.4 Å². The van der Waals surface area contributed by atoms with Crippen molar-refractivity contribution in [1.82, 2.24) is 15.1 Å². The SMILES string of the molecule is COCC(NC(=O)CCn1nc(C)cc1C)C(=O)O. The molecule has 0 saturated heterocycles. The van der Waals surface area contributed by atoms with Gasteiger partial charge in [-0.15, -0.1) is 0 Å². The van der Waals surface area contributed by atoms with Gasteiger partial charge in [0.1, 0.15) is 0 Å². The fraction of sp³-hybridized carbons (Fsp3) is 0.583. The van der Waals surface area contributed by atoms with Crippen LogP contribution in [-0.4, -0.2) is 46.5 Å². The van der Waals surface area contributed by atoms with E-state index in [1.165, 1.54) is 7.11 Å². The topological polar surface area (TPSA) is 93.5 Å². The number of carboxylic acids is 1. The number of rotatable bonds is 7. The van der Waals surface area contributed by atoms with Gasteiger partial charge in [-0.05, 0) is 19.9 Å². The van der Waals surface area contributed by atoms with Crippen molar-refractivity contribution in [3.8, 4) is 0 Å². The van der Waals surface area contributed by atoms with Crippen LogP contribution in [0.4, 0.5) is 0 Å². The summed E-state index contributed by atoms with van der Waals surface area (Å²) in [5.74, 6) is -1.45. The molecule has 1 aromatic heterocycles. The van der Waals surface area contributed by atoms with Crippen LogP contribution < -0.4 is 5.32 Å². The zero-order valence-electron chi connectivity index (χ0n) is 11.3. The highest BCUT2D eigenvalue weighted by molar-refractivity contribution is 5.83. The Morgan fingerprint density at radius 2 is 2.21 bits per heavy atom. The zero-order valence-corrected chi connectivity index (χ0v) is 11.3. The third kappa shape index (κ3) is 4.70. The lowest BCUT2D eigenvalue weighted by Gasteiger charge is -2.13. The van der Waals surface area contributed by atoms with Gasteiger partial charge >= 0.3 is 5.97 Å². The second-order valence-electron chi connectivity index (χ2n) is 4.31. The number of ether oxygens (including phenoxy) is 1. The molecule has 0 bridgehead atoms.